The quantitative estimate of drug-likeness (QED) is 0.174. The second-order valence-electron chi connectivity index (χ2n) is 14.4. The van der Waals surface area contributed by atoms with Crippen molar-refractivity contribution in [1.82, 2.24) is 19.8 Å². The van der Waals surface area contributed by atoms with Crippen molar-refractivity contribution < 1.29 is 23.8 Å². The molecular formula is C42H43N5O5. The molecule has 8 rings (SSSR count). The minimum Gasteiger partial charge on any atom is -0.481 e. The molecule has 10 nitrogen and oxygen atoms in total. The maximum absolute atomic E-state index is 12.2. The Morgan fingerprint density at radius 3 is 2.42 bits per heavy atom. The number of benzene rings is 3. The number of hydrogen-bond donors (Lipinski definition) is 1. The lowest BCUT2D eigenvalue weighted by atomic mass is 9.90. The number of rotatable bonds is 8. The number of oxazole rings is 1. The Hall–Kier alpha value is -5.08. The van der Waals surface area contributed by atoms with Crippen molar-refractivity contribution in [1.29, 1.82) is 5.26 Å². The van der Waals surface area contributed by atoms with Gasteiger partial charge in [-0.2, -0.15) is 5.26 Å². The van der Waals surface area contributed by atoms with Crippen LogP contribution in [0.1, 0.15) is 58.7 Å². The molecule has 1 unspecified atom stereocenters. The fourth-order valence-corrected chi connectivity index (χ4v) is 8.65. The van der Waals surface area contributed by atoms with Gasteiger partial charge in [0, 0.05) is 48.9 Å². The van der Waals surface area contributed by atoms with Crippen molar-refractivity contribution >= 4 is 17.1 Å². The molecule has 5 aromatic rings. The second-order valence-corrected chi connectivity index (χ2v) is 14.4. The van der Waals surface area contributed by atoms with Gasteiger partial charge >= 0.3 is 5.97 Å². The summed E-state index contributed by atoms with van der Waals surface area (Å²) in [7, 11) is 3.10. The molecule has 0 spiro atoms. The zero-order valence-electron chi connectivity index (χ0n) is 30.1. The Morgan fingerprint density at radius 2 is 1.71 bits per heavy atom. The molecule has 1 aliphatic carbocycles. The molecule has 52 heavy (non-hydrogen) atoms. The predicted octanol–water partition coefficient (Wildman–Crippen LogP) is 6.77. The number of β-amino-alcohol motifs (C(OH)–C–C–N with tert-alkyl or cyclic N) is 1. The summed E-state index contributed by atoms with van der Waals surface area (Å²) in [4.78, 5) is 26.7. The number of hydrogen-bond acceptors (Lipinski definition) is 10. The number of carbonyl (C=O) groups excluding carboxylic acids is 1. The van der Waals surface area contributed by atoms with Gasteiger partial charge in [-0.3, -0.25) is 14.6 Å². The van der Waals surface area contributed by atoms with Crippen LogP contribution >= 0.6 is 0 Å². The molecule has 3 aliphatic rings. The third-order valence-electron chi connectivity index (χ3n) is 11.4. The monoisotopic (exact) mass is 697 g/mol. The van der Waals surface area contributed by atoms with Gasteiger partial charge < -0.3 is 19.0 Å². The van der Waals surface area contributed by atoms with Crippen molar-refractivity contribution in [3.63, 3.8) is 0 Å². The van der Waals surface area contributed by atoms with E-state index in [9.17, 15) is 15.2 Å². The largest absolute Gasteiger partial charge is 0.481 e. The molecule has 0 amide bonds. The van der Waals surface area contributed by atoms with Crippen LogP contribution in [0, 0.1) is 31.1 Å². The fourth-order valence-electron chi connectivity index (χ4n) is 8.65. The number of aliphatic hydroxyl groups is 1. The first kappa shape index (κ1) is 34.0. The predicted molar refractivity (Wildman–Crippen MR) is 198 cm³/mol. The summed E-state index contributed by atoms with van der Waals surface area (Å²) in [6.07, 6.45) is 2.97. The number of aliphatic hydroxyl groups excluding tert-OH is 1. The van der Waals surface area contributed by atoms with Gasteiger partial charge in [0.25, 0.3) is 0 Å². The smallest absolute Gasteiger partial charge is 0.310 e. The lowest BCUT2D eigenvalue weighted by Crippen LogP contribution is -2.27. The van der Waals surface area contributed by atoms with Crippen LogP contribution in [0.3, 0.4) is 0 Å². The van der Waals surface area contributed by atoms with Crippen LogP contribution in [0.15, 0.2) is 59.0 Å². The van der Waals surface area contributed by atoms with Crippen molar-refractivity contribution in [2.75, 3.05) is 40.4 Å². The van der Waals surface area contributed by atoms with Crippen LogP contribution in [-0.2, 0) is 22.5 Å². The first-order valence-electron chi connectivity index (χ1n) is 18.1. The highest BCUT2D eigenvalue weighted by atomic mass is 16.5. The normalized spacial score (nSPS) is 20.3. The number of esters is 1. The zero-order chi connectivity index (χ0) is 36.1. The van der Waals surface area contributed by atoms with E-state index in [-0.39, 0.29) is 24.0 Å². The summed E-state index contributed by atoms with van der Waals surface area (Å²) in [6.45, 7) is 7.89. The van der Waals surface area contributed by atoms with E-state index in [4.69, 9.17) is 23.9 Å². The number of nitriles is 1. The van der Waals surface area contributed by atoms with Crippen molar-refractivity contribution in [2.45, 2.75) is 58.2 Å². The van der Waals surface area contributed by atoms with E-state index in [1.165, 1.54) is 7.11 Å². The third-order valence-corrected chi connectivity index (χ3v) is 11.4. The molecule has 4 heterocycles. The van der Waals surface area contributed by atoms with Crippen LogP contribution in [0.25, 0.3) is 44.9 Å². The van der Waals surface area contributed by atoms with Crippen LogP contribution in [0.5, 0.6) is 5.88 Å². The topological polar surface area (TPSA) is 125 Å². The summed E-state index contributed by atoms with van der Waals surface area (Å²) in [6, 6.07) is 21.2. The van der Waals surface area contributed by atoms with Crippen LogP contribution < -0.4 is 4.74 Å². The zero-order valence-corrected chi connectivity index (χ0v) is 30.1. The van der Waals surface area contributed by atoms with E-state index in [2.05, 4.69) is 66.1 Å². The van der Waals surface area contributed by atoms with Gasteiger partial charge in [-0.1, -0.05) is 36.4 Å². The summed E-state index contributed by atoms with van der Waals surface area (Å²) < 4.78 is 17.2. The molecular weight excluding hydrogens is 654 g/mol. The van der Waals surface area contributed by atoms with Gasteiger partial charge in [0.2, 0.25) is 11.8 Å². The van der Waals surface area contributed by atoms with E-state index >= 15 is 0 Å². The van der Waals surface area contributed by atoms with Gasteiger partial charge in [0.05, 0.1) is 31.9 Å². The molecule has 2 fully saturated rings. The van der Waals surface area contributed by atoms with Gasteiger partial charge in [-0.25, -0.2) is 9.97 Å². The summed E-state index contributed by atoms with van der Waals surface area (Å²) in [5.41, 5.74) is 11.9. The van der Waals surface area contributed by atoms with Crippen LogP contribution in [0.2, 0.25) is 0 Å². The molecule has 3 atom stereocenters. The number of nitrogens with zero attached hydrogens (tertiary/aromatic N) is 5. The Kier molecular flexibility index (Phi) is 9.04. The fraction of sp³-hybridized carbons (Fsp3) is 0.381. The van der Waals surface area contributed by atoms with Gasteiger partial charge in [0.15, 0.2) is 5.58 Å². The van der Waals surface area contributed by atoms with E-state index in [0.717, 1.165) is 94.5 Å². The second kappa shape index (κ2) is 13.8. The summed E-state index contributed by atoms with van der Waals surface area (Å²) >= 11 is 0. The maximum Gasteiger partial charge on any atom is 0.310 e. The summed E-state index contributed by atoms with van der Waals surface area (Å²) in [5.74, 6) is 0.806. The molecule has 0 radical (unpaired) electrons. The highest BCUT2D eigenvalue weighted by molar-refractivity contribution is 5.87. The Morgan fingerprint density at radius 1 is 0.962 bits per heavy atom. The number of methoxy groups -OCH3 is 2. The first-order chi connectivity index (χ1) is 25.3. The number of aromatic nitrogens is 2. The highest BCUT2D eigenvalue weighted by Crippen LogP contribution is 2.44. The molecule has 10 heteroatoms. The Labute approximate surface area is 303 Å². The van der Waals surface area contributed by atoms with E-state index in [0.29, 0.717) is 48.1 Å². The van der Waals surface area contributed by atoms with Crippen molar-refractivity contribution in [3.05, 3.63) is 88.0 Å². The van der Waals surface area contributed by atoms with E-state index in [1.54, 1.807) is 7.11 Å². The van der Waals surface area contributed by atoms with Crippen LogP contribution in [0.4, 0.5) is 0 Å². The Balaban J connectivity index is 1.11. The number of ether oxygens (including phenoxy) is 2. The standard InChI is InChI=1S/C42H43N5O5/c1-24-29(7-5-9-31(24)36-13-11-26(40(44-36)50-3)21-46-17-16-28(48)23-46)30-8-6-10-32(25(30)2)41-45-37-19-34-33(35(20-43)39(37)52-41)12-14-38(34)47-18-15-27(22-47)42(49)51-4/h5-11,13,19,27-28,38,48H,12,14-18,21-23H2,1-4H3/t27-,28-,38?/m1/s1. The Bertz CT molecular complexity index is 2240. The van der Waals surface area contributed by atoms with Crippen LogP contribution in [-0.4, -0.2) is 77.3 Å². The molecule has 266 valence electrons. The molecule has 2 saturated heterocycles. The maximum atomic E-state index is 12.2. The number of fused-ring (bicyclic) bond motifs is 2. The lowest BCUT2D eigenvalue weighted by molar-refractivity contribution is -0.145. The average molecular weight is 698 g/mol. The molecule has 2 aromatic heterocycles. The van der Waals surface area contributed by atoms with Gasteiger partial charge in [-0.15, -0.1) is 0 Å². The lowest BCUT2D eigenvalue weighted by Gasteiger charge is -2.24. The average Bonchev–Trinajstić information content (AvgIpc) is 3.98. The number of carbonyl (C=O) groups is 1. The molecule has 0 bridgehead atoms. The molecule has 2 aliphatic heterocycles. The van der Waals surface area contributed by atoms with Gasteiger partial charge in [0.1, 0.15) is 17.1 Å². The molecule has 0 saturated carbocycles. The SMILES string of the molecule is COC(=O)[C@@H]1CCN(C2CCc3c2cc2nc(-c4cccc(-c5cccc(-c6ccc(CN7CC[C@@H](O)C7)c(OC)n6)c5C)c4C)oc2c3C#N)C1. The number of pyridine rings is 1. The van der Waals surface area contributed by atoms with Crippen molar-refractivity contribution in [3.8, 4) is 45.8 Å². The number of likely N-dealkylation sites (tertiary alicyclic amines) is 2. The van der Waals surface area contributed by atoms with Gasteiger partial charge in [-0.05, 0) is 97.7 Å². The summed E-state index contributed by atoms with van der Waals surface area (Å²) in [5, 5.41) is 20.3. The minimum absolute atomic E-state index is 0.118. The molecule has 1 N–H and O–H groups in total. The molecule has 3 aromatic carbocycles. The van der Waals surface area contributed by atoms with E-state index < -0.39 is 0 Å². The van der Waals surface area contributed by atoms with Crippen molar-refractivity contribution in [2.24, 2.45) is 5.92 Å². The first-order valence-corrected chi connectivity index (χ1v) is 18.1. The van der Waals surface area contributed by atoms with E-state index in [1.807, 2.05) is 18.2 Å². The minimum atomic E-state index is -0.276. The third kappa shape index (κ3) is 5.93. The highest BCUT2D eigenvalue weighted by Gasteiger charge is 2.38.